The maximum Gasteiger partial charge on any atom is 0.244 e. The number of hydrogen-bond acceptors (Lipinski definition) is 4. The van der Waals surface area contributed by atoms with Gasteiger partial charge in [0.1, 0.15) is 10.6 Å². The minimum Gasteiger partial charge on any atom is -0.495 e. The number of carbonyl (C=O) groups excluding carboxylic acids is 1. The van der Waals surface area contributed by atoms with Crippen LogP contribution in [0.3, 0.4) is 0 Å². The minimum absolute atomic E-state index is 0.0293. The van der Waals surface area contributed by atoms with E-state index >= 15 is 0 Å². The number of amides is 1. The first-order valence-corrected chi connectivity index (χ1v) is 9.65. The third-order valence-electron chi connectivity index (χ3n) is 4.17. The molecule has 0 bridgehead atoms. The zero-order valence-electron chi connectivity index (χ0n) is 15.4. The summed E-state index contributed by atoms with van der Waals surface area (Å²) in [6, 6.07) is 12.7. The van der Waals surface area contributed by atoms with E-state index in [9.17, 15) is 13.2 Å². The van der Waals surface area contributed by atoms with Gasteiger partial charge in [0.05, 0.1) is 13.7 Å². The maximum atomic E-state index is 12.6. The van der Waals surface area contributed by atoms with Crippen LogP contribution in [0.25, 0.3) is 0 Å². The number of aryl methyl sites for hydroxylation is 2. The Bertz CT molecular complexity index is 880. The topological polar surface area (TPSA) is 75.7 Å². The first-order valence-electron chi connectivity index (χ1n) is 8.17. The molecule has 1 N–H and O–H groups in total. The number of nitrogens with one attached hydrogen (secondary N) is 1. The highest BCUT2D eigenvalue weighted by Gasteiger charge is 2.22. The zero-order chi connectivity index (χ0) is 19.3. The van der Waals surface area contributed by atoms with E-state index in [0.717, 1.165) is 16.7 Å². The SMILES string of the molecule is COc1cc(C)c(C)cc1S(=O)(=O)NCC(=O)N(C)Cc1ccccc1. The predicted octanol–water partition coefficient (Wildman–Crippen LogP) is 2.25. The van der Waals surface area contributed by atoms with Crippen LogP contribution in [-0.2, 0) is 21.4 Å². The van der Waals surface area contributed by atoms with Crippen LogP contribution in [0.1, 0.15) is 16.7 Å². The van der Waals surface area contributed by atoms with Gasteiger partial charge >= 0.3 is 0 Å². The summed E-state index contributed by atoms with van der Waals surface area (Å²) >= 11 is 0. The number of rotatable bonds is 7. The van der Waals surface area contributed by atoms with Crippen LogP contribution >= 0.6 is 0 Å². The Kier molecular flexibility index (Phi) is 6.39. The first-order chi connectivity index (χ1) is 12.2. The van der Waals surface area contributed by atoms with Crippen LogP contribution in [0.2, 0.25) is 0 Å². The molecule has 0 unspecified atom stereocenters. The van der Waals surface area contributed by atoms with Crippen molar-refractivity contribution in [1.29, 1.82) is 0 Å². The zero-order valence-corrected chi connectivity index (χ0v) is 16.3. The van der Waals surface area contributed by atoms with Gasteiger partial charge in [-0.25, -0.2) is 13.1 Å². The molecule has 0 aliphatic rings. The van der Waals surface area contributed by atoms with Crippen LogP contribution in [0, 0.1) is 13.8 Å². The van der Waals surface area contributed by atoms with Gasteiger partial charge in [0, 0.05) is 13.6 Å². The summed E-state index contributed by atoms with van der Waals surface area (Å²) < 4.78 is 32.7. The van der Waals surface area contributed by atoms with Crippen molar-refractivity contribution < 1.29 is 17.9 Å². The summed E-state index contributed by atoms with van der Waals surface area (Å²) in [5, 5.41) is 0. The standard InChI is InChI=1S/C19H24N2O4S/c1-14-10-17(25-4)18(11-15(14)2)26(23,24)20-12-19(22)21(3)13-16-8-6-5-7-9-16/h5-11,20H,12-13H2,1-4H3. The molecule has 0 saturated heterocycles. The molecule has 2 rings (SSSR count). The van der Waals surface area contributed by atoms with Crippen LogP contribution < -0.4 is 9.46 Å². The average Bonchev–Trinajstić information content (AvgIpc) is 2.62. The molecule has 0 heterocycles. The molecule has 140 valence electrons. The van der Waals surface area contributed by atoms with E-state index in [1.54, 1.807) is 19.2 Å². The third kappa shape index (κ3) is 4.83. The maximum absolute atomic E-state index is 12.6. The fraction of sp³-hybridized carbons (Fsp3) is 0.316. The van der Waals surface area contributed by atoms with E-state index in [-0.39, 0.29) is 23.1 Å². The molecule has 0 atom stereocenters. The molecule has 0 aliphatic carbocycles. The molecular weight excluding hydrogens is 352 g/mol. The van der Waals surface area contributed by atoms with Crippen LogP contribution in [0.15, 0.2) is 47.4 Å². The summed E-state index contributed by atoms with van der Waals surface area (Å²) in [7, 11) is -0.809. The summed E-state index contributed by atoms with van der Waals surface area (Å²) in [5.74, 6) is -0.0640. The Hall–Kier alpha value is -2.38. The van der Waals surface area contributed by atoms with E-state index in [2.05, 4.69) is 4.72 Å². The lowest BCUT2D eigenvalue weighted by atomic mass is 10.1. The summed E-state index contributed by atoms with van der Waals surface area (Å²) in [6.45, 7) is 3.80. The Balaban J connectivity index is 2.08. The van der Waals surface area contributed by atoms with E-state index < -0.39 is 10.0 Å². The van der Waals surface area contributed by atoms with Gasteiger partial charge < -0.3 is 9.64 Å². The van der Waals surface area contributed by atoms with Gasteiger partial charge in [-0.05, 0) is 42.7 Å². The second kappa shape index (κ2) is 8.33. The van der Waals surface area contributed by atoms with Gasteiger partial charge in [-0.15, -0.1) is 0 Å². The van der Waals surface area contributed by atoms with Gasteiger partial charge in [0.25, 0.3) is 0 Å². The number of carbonyl (C=O) groups is 1. The summed E-state index contributed by atoms with van der Waals surface area (Å²) in [4.78, 5) is 13.8. The average molecular weight is 376 g/mol. The predicted molar refractivity (Wildman–Crippen MR) is 101 cm³/mol. The number of methoxy groups -OCH3 is 1. The highest BCUT2D eigenvalue weighted by molar-refractivity contribution is 7.89. The molecule has 0 aromatic heterocycles. The minimum atomic E-state index is -3.87. The number of benzene rings is 2. The van der Waals surface area contributed by atoms with Crippen LogP contribution in [0.5, 0.6) is 5.75 Å². The van der Waals surface area contributed by atoms with Gasteiger partial charge in [0.15, 0.2) is 0 Å². The molecule has 7 heteroatoms. The molecule has 2 aromatic rings. The van der Waals surface area contributed by atoms with Crippen molar-refractivity contribution in [1.82, 2.24) is 9.62 Å². The smallest absolute Gasteiger partial charge is 0.244 e. The van der Waals surface area contributed by atoms with E-state index in [0.29, 0.717) is 6.54 Å². The molecule has 0 aliphatic heterocycles. The molecule has 0 spiro atoms. The van der Waals surface area contributed by atoms with Gasteiger partial charge in [-0.2, -0.15) is 0 Å². The number of likely N-dealkylation sites (N-methyl/N-ethyl adjacent to an activating group) is 1. The van der Waals surface area contributed by atoms with Crippen LogP contribution in [0.4, 0.5) is 0 Å². The van der Waals surface area contributed by atoms with Crippen molar-refractivity contribution in [2.75, 3.05) is 20.7 Å². The fourth-order valence-electron chi connectivity index (χ4n) is 2.45. The quantitative estimate of drug-likeness (QED) is 0.804. The van der Waals surface area contributed by atoms with Crippen molar-refractivity contribution in [3.8, 4) is 5.75 Å². The van der Waals surface area contributed by atoms with Crippen LogP contribution in [-0.4, -0.2) is 39.9 Å². The molecule has 2 aromatic carbocycles. The Morgan fingerprint density at radius 3 is 2.35 bits per heavy atom. The second-order valence-electron chi connectivity index (χ2n) is 6.15. The van der Waals surface area contributed by atoms with Crippen molar-refractivity contribution in [2.24, 2.45) is 0 Å². The van der Waals surface area contributed by atoms with E-state index in [1.807, 2.05) is 44.2 Å². The molecule has 0 saturated carbocycles. The molecule has 0 fully saturated rings. The lowest BCUT2D eigenvalue weighted by molar-refractivity contribution is -0.129. The number of hydrogen-bond donors (Lipinski definition) is 1. The Labute approximate surface area is 154 Å². The monoisotopic (exact) mass is 376 g/mol. The van der Waals surface area contributed by atoms with E-state index in [1.165, 1.54) is 12.0 Å². The van der Waals surface area contributed by atoms with Crippen molar-refractivity contribution in [2.45, 2.75) is 25.3 Å². The van der Waals surface area contributed by atoms with Gasteiger partial charge in [0.2, 0.25) is 15.9 Å². The van der Waals surface area contributed by atoms with Gasteiger partial charge in [-0.1, -0.05) is 30.3 Å². The highest BCUT2D eigenvalue weighted by Crippen LogP contribution is 2.27. The Morgan fingerprint density at radius 1 is 1.12 bits per heavy atom. The Morgan fingerprint density at radius 2 is 1.73 bits per heavy atom. The van der Waals surface area contributed by atoms with Crippen molar-refractivity contribution >= 4 is 15.9 Å². The number of sulfonamides is 1. The van der Waals surface area contributed by atoms with Crippen molar-refractivity contribution in [3.05, 3.63) is 59.2 Å². The van der Waals surface area contributed by atoms with Crippen molar-refractivity contribution in [3.63, 3.8) is 0 Å². The first kappa shape index (κ1) is 19.9. The molecule has 26 heavy (non-hydrogen) atoms. The number of nitrogens with zero attached hydrogens (tertiary/aromatic N) is 1. The lowest BCUT2D eigenvalue weighted by Gasteiger charge is -2.18. The molecule has 0 radical (unpaired) electrons. The lowest BCUT2D eigenvalue weighted by Crippen LogP contribution is -2.37. The highest BCUT2D eigenvalue weighted by atomic mass is 32.2. The normalized spacial score (nSPS) is 11.2. The summed E-state index contributed by atoms with van der Waals surface area (Å²) in [6.07, 6.45) is 0. The molecule has 6 nitrogen and oxygen atoms in total. The third-order valence-corrected chi connectivity index (χ3v) is 5.59. The number of ether oxygens (including phenoxy) is 1. The second-order valence-corrected chi connectivity index (χ2v) is 7.88. The summed E-state index contributed by atoms with van der Waals surface area (Å²) in [5.41, 5.74) is 2.74. The fourth-order valence-corrected chi connectivity index (χ4v) is 3.66. The largest absolute Gasteiger partial charge is 0.495 e. The van der Waals surface area contributed by atoms with E-state index in [4.69, 9.17) is 4.74 Å². The molecular formula is C19H24N2O4S. The van der Waals surface area contributed by atoms with Gasteiger partial charge in [-0.3, -0.25) is 4.79 Å². The molecule has 1 amide bonds.